The van der Waals surface area contributed by atoms with E-state index in [4.69, 9.17) is 5.11 Å². The molecule has 0 saturated heterocycles. The fourth-order valence-electron chi connectivity index (χ4n) is 2.11. The first-order valence-corrected chi connectivity index (χ1v) is 9.40. The van der Waals surface area contributed by atoms with Gasteiger partial charge in [-0.1, -0.05) is 25.5 Å². The molecule has 0 aliphatic heterocycles. The summed E-state index contributed by atoms with van der Waals surface area (Å²) < 4.78 is 26.0. The first kappa shape index (κ1) is 20.1. The van der Waals surface area contributed by atoms with Crippen LogP contribution in [0.1, 0.15) is 38.2 Å². The number of carbonyl (C=O) groups excluding carboxylic acids is 1. The van der Waals surface area contributed by atoms with Gasteiger partial charge < -0.3 is 10.4 Å². The first-order valence-electron chi connectivity index (χ1n) is 7.92. The zero-order chi connectivity index (χ0) is 18.0. The van der Waals surface area contributed by atoms with Gasteiger partial charge >= 0.3 is 5.97 Å². The van der Waals surface area contributed by atoms with E-state index in [2.05, 4.69) is 10.0 Å². The minimum atomic E-state index is -3.48. The second-order valence-corrected chi connectivity index (χ2v) is 7.14. The Hall–Kier alpha value is -1.93. The molecule has 3 N–H and O–H groups in total. The molecule has 7 nitrogen and oxygen atoms in total. The lowest BCUT2D eigenvalue weighted by Crippen LogP contribution is -2.26. The lowest BCUT2D eigenvalue weighted by Gasteiger charge is -2.07. The van der Waals surface area contributed by atoms with E-state index in [1.165, 1.54) is 12.1 Å². The summed E-state index contributed by atoms with van der Waals surface area (Å²) in [5.41, 5.74) is 0.730. The molecule has 0 aliphatic carbocycles. The van der Waals surface area contributed by atoms with Gasteiger partial charge in [-0.15, -0.1) is 0 Å². The third-order valence-corrected chi connectivity index (χ3v) is 4.88. The van der Waals surface area contributed by atoms with Crippen LogP contribution >= 0.6 is 0 Å². The largest absolute Gasteiger partial charge is 0.481 e. The van der Waals surface area contributed by atoms with Gasteiger partial charge in [0.05, 0.1) is 11.3 Å². The number of amides is 1. The van der Waals surface area contributed by atoms with Gasteiger partial charge in [0.15, 0.2) is 0 Å². The lowest BCUT2D eigenvalue weighted by atomic mass is 10.1. The summed E-state index contributed by atoms with van der Waals surface area (Å²) in [7, 11) is -3.48. The zero-order valence-corrected chi connectivity index (χ0v) is 14.6. The quantitative estimate of drug-likeness (QED) is 0.517. The molecule has 0 atom stereocenters. The van der Waals surface area contributed by atoms with Gasteiger partial charge in [0.25, 0.3) is 0 Å². The fraction of sp³-hybridized carbons (Fsp3) is 0.500. The summed E-state index contributed by atoms with van der Waals surface area (Å²) in [4.78, 5) is 22.3. The number of aliphatic carboxylic acids is 1. The van der Waals surface area contributed by atoms with E-state index in [1.54, 1.807) is 19.1 Å². The standard InChI is InChI=1S/C16H24N2O5S/c1-2-18-24(22,23)14-9-7-13(8-10-14)12-15(19)17-11-5-3-4-6-16(20)21/h7-10,18H,2-6,11-12H2,1H3,(H,17,19)(H,20,21). The molecule has 0 fully saturated rings. The average Bonchev–Trinajstić information content (AvgIpc) is 2.51. The van der Waals surface area contributed by atoms with E-state index in [9.17, 15) is 18.0 Å². The molecule has 0 spiro atoms. The minimum absolute atomic E-state index is 0.143. The van der Waals surface area contributed by atoms with Crippen LogP contribution in [-0.4, -0.2) is 38.5 Å². The van der Waals surface area contributed by atoms with E-state index in [-0.39, 0.29) is 23.6 Å². The van der Waals surface area contributed by atoms with Crippen molar-refractivity contribution in [2.75, 3.05) is 13.1 Å². The van der Waals surface area contributed by atoms with E-state index >= 15 is 0 Å². The number of nitrogens with one attached hydrogen (secondary N) is 2. The monoisotopic (exact) mass is 356 g/mol. The highest BCUT2D eigenvalue weighted by atomic mass is 32.2. The molecule has 1 rings (SSSR count). The van der Waals surface area contributed by atoms with Gasteiger partial charge in [0, 0.05) is 19.5 Å². The maximum Gasteiger partial charge on any atom is 0.303 e. The topological polar surface area (TPSA) is 113 Å². The molecular weight excluding hydrogens is 332 g/mol. The predicted octanol–water partition coefficient (Wildman–Crippen LogP) is 1.29. The third kappa shape index (κ3) is 7.56. The van der Waals surface area contributed by atoms with Crippen LogP contribution in [0, 0.1) is 0 Å². The van der Waals surface area contributed by atoms with E-state index in [1.807, 2.05) is 0 Å². The molecule has 0 saturated carbocycles. The van der Waals surface area contributed by atoms with Crippen molar-refractivity contribution in [3.05, 3.63) is 29.8 Å². The third-order valence-electron chi connectivity index (χ3n) is 3.32. The number of benzene rings is 1. The molecule has 134 valence electrons. The van der Waals surface area contributed by atoms with Gasteiger partial charge in [-0.3, -0.25) is 9.59 Å². The smallest absolute Gasteiger partial charge is 0.303 e. The number of sulfonamides is 1. The average molecular weight is 356 g/mol. The number of carbonyl (C=O) groups is 2. The normalized spacial score (nSPS) is 11.2. The number of hydrogen-bond acceptors (Lipinski definition) is 4. The Morgan fingerprint density at radius 1 is 1.08 bits per heavy atom. The summed E-state index contributed by atoms with van der Waals surface area (Å²) >= 11 is 0. The highest BCUT2D eigenvalue weighted by molar-refractivity contribution is 7.89. The highest BCUT2D eigenvalue weighted by Gasteiger charge is 2.12. The molecule has 1 aromatic carbocycles. The second kappa shape index (κ2) is 10.0. The molecule has 0 aromatic heterocycles. The number of carboxylic acid groups (broad SMARTS) is 1. The van der Waals surface area contributed by atoms with E-state index < -0.39 is 16.0 Å². The molecule has 0 heterocycles. The van der Waals surface area contributed by atoms with Crippen LogP contribution in [0.5, 0.6) is 0 Å². The lowest BCUT2D eigenvalue weighted by molar-refractivity contribution is -0.137. The number of hydrogen-bond donors (Lipinski definition) is 3. The van der Waals surface area contributed by atoms with Crippen molar-refractivity contribution in [3.8, 4) is 0 Å². The number of carboxylic acids is 1. The number of unbranched alkanes of at least 4 members (excludes halogenated alkanes) is 2. The molecule has 0 radical (unpaired) electrons. The van der Waals surface area contributed by atoms with Crippen molar-refractivity contribution in [2.45, 2.75) is 43.9 Å². The first-order chi connectivity index (χ1) is 11.3. The summed E-state index contributed by atoms with van der Waals surface area (Å²) in [6, 6.07) is 6.20. The molecule has 24 heavy (non-hydrogen) atoms. The van der Waals surface area contributed by atoms with Crippen molar-refractivity contribution in [3.63, 3.8) is 0 Å². The van der Waals surface area contributed by atoms with Crippen LogP contribution in [0.3, 0.4) is 0 Å². The van der Waals surface area contributed by atoms with Crippen LogP contribution in [0.25, 0.3) is 0 Å². The zero-order valence-electron chi connectivity index (χ0n) is 13.7. The van der Waals surface area contributed by atoms with Gasteiger partial charge in [-0.2, -0.15) is 0 Å². The summed E-state index contributed by atoms with van der Waals surface area (Å²) in [6.45, 7) is 2.53. The molecule has 1 aromatic rings. The predicted molar refractivity (Wildman–Crippen MR) is 90.1 cm³/mol. The summed E-state index contributed by atoms with van der Waals surface area (Å²) in [6.07, 6.45) is 2.42. The molecule has 1 amide bonds. The minimum Gasteiger partial charge on any atom is -0.481 e. The van der Waals surface area contributed by atoms with Crippen molar-refractivity contribution in [1.29, 1.82) is 0 Å². The molecule has 0 aliphatic rings. The van der Waals surface area contributed by atoms with Gasteiger partial charge in [-0.25, -0.2) is 13.1 Å². The Labute approximate surface area is 142 Å². The highest BCUT2D eigenvalue weighted by Crippen LogP contribution is 2.11. The Morgan fingerprint density at radius 3 is 2.33 bits per heavy atom. The van der Waals surface area contributed by atoms with E-state index in [0.717, 1.165) is 18.4 Å². The van der Waals surface area contributed by atoms with Crippen molar-refractivity contribution in [1.82, 2.24) is 10.0 Å². The van der Waals surface area contributed by atoms with Crippen LogP contribution in [-0.2, 0) is 26.0 Å². The number of rotatable bonds is 11. The Kier molecular flexibility index (Phi) is 8.42. The summed E-state index contributed by atoms with van der Waals surface area (Å²) in [5.74, 6) is -0.950. The van der Waals surface area contributed by atoms with Crippen LogP contribution in [0.4, 0.5) is 0 Å². The van der Waals surface area contributed by atoms with E-state index in [0.29, 0.717) is 19.5 Å². The van der Waals surface area contributed by atoms with Gasteiger partial charge in [-0.05, 0) is 30.5 Å². The van der Waals surface area contributed by atoms with Gasteiger partial charge in [0.2, 0.25) is 15.9 Å². The van der Waals surface area contributed by atoms with Crippen LogP contribution in [0.15, 0.2) is 29.2 Å². The maximum absolute atomic E-state index is 11.8. The Bertz CT molecular complexity index is 641. The second-order valence-electron chi connectivity index (χ2n) is 5.38. The molecule has 0 unspecified atom stereocenters. The fourth-order valence-corrected chi connectivity index (χ4v) is 3.15. The maximum atomic E-state index is 11.8. The Balaban J connectivity index is 2.36. The van der Waals surface area contributed by atoms with Crippen molar-refractivity contribution >= 4 is 21.9 Å². The van der Waals surface area contributed by atoms with Crippen LogP contribution < -0.4 is 10.0 Å². The Morgan fingerprint density at radius 2 is 1.75 bits per heavy atom. The molecular formula is C16H24N2O5S. The van der Waals surface area contributed by atoms with Crippen molar-refractivity contribution in [2.24, 2.45) is 0 Å². The molecule has 8 heteroatoms. The van der Waals surface area contributed by atoms with Crippen LogP contribution in [0.2, 0.25) is 0 Å². The van der Waals surface area contributed by atoms with Crippen molar-refractivity contribution < 1.29 is 23.1 Å². The molecule has 0 bridgehead atoms. The SMILES string of the molecule is CCNS(=O)(=O)c1ccc(CC(=O)NCCCCCC(=O)O)cc1. The van der Waals surface area contributed by atoms with Gasteiger partial charge in [0.1, 0.15) is 0 Å². The summed E-state index contributed by atoms with van der Waals surface area (Å²) in [5, 5.41) is 11.3.